The Bertz CT molecular complexity index is 537. The van der Waals surface area contributed by atoms with Gasteiger partial charge >= 0.3 is 5.97 Å². The highest BCUT2D eigenvalue weighted by atomic mass is 32.2. The highest BCUT2D eigenvalue weighted by Crippen LogP contribution is 2.29. The van der Waals surface area contributed by atoms with Gasteiger partial charge in [0.05, 0.1) is 5.56 Å². The first kappa shape index (κ1) is 13.9. The van der Waals surface area contributed by atoms with E-state index in [1.807, 2.05) is 6.07 Å². The van der Waals surface area contributed by atoms with Crippen molar-refractivity contribution < 1.29 is 9.90 Å². The van der Waals surface area contributed by atoms with Crippen LogP contribution in [0.25, 0.3) is 0 Å². The molecule has 1 aliphatic rings. The number of nitrogens with zero attached hydrogens (tertiary/aromatic N) is 2. The molecule has 1 aliphatic carbocycles. The summed E-state index contributed by atoms with van der Waals surface area (Å²) in [6, 6.07) is 4.03. The van der Waals surface area contributed by atoms with Gasteiger partial charge in [0, 0.05) is 5.69 Å². The van der Waals surface area contributed by atoms with Crippen molar-refractivity contribution in [3.63, 3.8) is 0 Å². The molecule has 0 saturated carbocycles. The highest BCUT2D eigenvalue weighted by molar-refractivity contribution is 8.00. The minimum Gasteiger partial charge on any atom is -0.480 e. The molecule has 0 saturated heterocycles. The topological polar surface area (TPSA) is 74.0 Å². The number of hydrogen-bond donors (Lipinski definition) is 1. The van der Waals surface area contributed by atoms with Crippen LogP contribution < -0.4 is 0 Å². The molecule has 1 heterocycles. The molecule has 0 unspecified atom stereocenters. The highest BCUT2D eigenvalue weighted by Gasteiger charge is 2.19. The second-order valence-corrected chi connectivity index (χ2v) is 6.05. The van der Waals surface area contributed by atoms with Gasteiger partial charge in [-0.05, 0) is 44.2 Å². The van der Waals surface area contributed by atoms with Crippen molar-refractivity contribution in [1.29, 1.82) is 5.26 Å². The average Bonchev–Trinajstić information content (AvgIpc) is 2.62. The third-order valence-corrected chi connectivity index (χ3v) is 4.36. The van der Waals surface area contributed by atoms with E-state index >= 15 is 0 Å². The lowest BCUT2D eigenvalue weighted by Crippen LogP contribution is -2.12. The molecule has 1 aromatic rings. The Morgan fingerprint density at radius 1 is 1.47 bits per heavy atom. The summed E-state index contributed by atoms with van der Waals surface area (Å²) in [5.41, 5.74) is 2.69. The molecule has 0 amide bonds. The van der Waals surface area contributed by atoms with Crippen LogP contribution in [0.3, 0.4) is 0 Å². The van der Waals surface area contributed by atoms with Crippen LogP contribution in [0, 0.1) is 11.3 Å². The molecule has 4 nitrogen and oxygen atoms in total. The molecule has 0 spiro atoms. The first-order chi connectivity index (χ1) is 9.11. The Balaban J connectivity index is 2.35. The summed E-state index contributed by atoms with van der Waals surface area (Å²) in [5, 5.41) is 18.1. The molecule has 1 N–H and O–H groups in total. The monoisotopic (exact) mass is 276 g/mol. The molecule has 1 aromatic heterocycles. The maximum Gasteiger partial charge on any atom is 0.316 e. The van der Waals surface area contributed by atoms with Gasteiger partial charge in [0.2, 0.25) is 0 Å². The molecule has 0 radical (unpaired) electrons. The van der Waals surface area contributed by atoms with Gasteiger partial charge in [0.25, 0.3) is 0 Å². The first-order valence-electron chi connectivity index (χ1n) is 6.44. The van der Waals surface area contributed by atoms with Crippen molar-refractivity contribution in [2.45, 2.75) is 49.3 Å². The lowest BCUT2D eigenvalue weighted by molar-refractivity contribution is -0.136. The van der Waals surface area contributed by atoms with E-state index in [0.717, 1.165) is 48.7 Å². The fourth-order valence-electron chi connectivity index (χ4n) is 2.18. The number of rotatable bonds is 3. The molecule has 0 aliphatic heterocycles. The van der Waals surface area contributed by atoms with Crippen LogP contribution in [0.4, 0.5) is 0 Å². The van der Waals surface area contributed by atoms with E-state index in [4.69, 9.17) is 5.11 Å². The number of fused-ring (bicyclic) bond motifs is 1. The number of aromatic nitrogens is 1. The van der Waals surface area contributed by atoms with Crippen molar-refractivity contribution in [3.8, 4) is 6.07 Å². The fourth-order valence-corrected chi connectivity index (χ4v) is 3.01. The van der Waals surface area contributed by atoms with Gasteiger partial charge in [0.15, 0.2) is 0 Å². The van der Waals surface area contributed by atoms with Gasteiger partial charge in [-0.2, -0.15) is 5.26 Å². The van der Waals surface area contributed by atoms with Gasteiger partial charge in [-0.3, -0.25) is 4.79 Å². The van der Waals surface area contributed by atoms with E-state index in [2.05, 4.69) is 11.1 Å². The van der Waals surface area contributed by atoms with Crippen LogP contribution in [-0.2, 0) is 17.6 Å². The Labute approximate surface area is 116 Å². The smallest absolute Gasteiger partial charge is 0.316 e. The summed E-state index contributed by atoms with van der Waals surface area (Å²) in [5.74, 6) is -0.884. The van der Waals surface area contributed by atoms with Crippen molar-refractivity contribution in [1.82, 2.24) is 4.98 Å². The number of aryl methyl sites for hydroxylation is 2. The standard InChI is InChI=1S/C14H16N2O2S/c1-9(14(17)18)19-13-11(8-15)7-10-5-3-2-4-6-12(10)16-13/h7,9H,2-6H2,1H3,(H,17,18)/t9-/m0/s1. The molecule has 0 fully saturated rings. The largest absolute Gasteiger partial charge is 0.480 e. The van der Waals surface area contributed by atoms with E-state index in [9.17, 15) is 10.1 Å². The fraction of sp³-hybridized carbons (Fsp3) is 0.500. The van der Waals surface area contributed by atoms with Crippen molar-refractivity contribution in [2.75, 3.05) is 0 Å². The van der Waals surface area contributed by atoms with E-state index in [-0.39, 0.29) is 0 Å². The summed E-state index contributed by atoms with van der Waals surface area (Å²) in [4.78, 5) is 15.5. The second-order valence-electron chi connectivity index (χ2n) is 4.72. The van der Waals surface area contributed by atoms with E-state index < -0.39 is 11.2 Å². The van der Waals surface area contributed by atoms with Gasteiger partial charge < -0.3 is 5.11 Å². The summed E-state index contributed by atoms with van der Waals surface area (Å²) in [6.45, 7) is 1.61. The Kier molecular flexibility index (Phi) is 4.43. The minimum atomic E-state index is -0.884. The number of hydrogen-bond acceptors (Lipinski definition) is 4. The Morgan fingerprint density at radius 3 is 2.89 bits per heavy atom. The van der Waals surface area contributed by atoms with Crippen LogP contribution in [0.15, 0.2) is 11.1 Å². The van der Waals surface area contributed by atoms with Gasteiger partial charge in [-0.25, -0.2) is 4.98 Å². The molecular weight excluding hydrogens is 260 g/mol. The maximum atomic E-state index is 10.9. The van der Waals surface area contributed by atoms with E-state index in [0.29, 0.717) is 10.6 Å². The molecule has 0 aromatic carbocycles. The molecular formula is C14H16N2O2S. The lowest BCUT2D eigenvalue weighted by Gasteiger charge is -2.11. The number of nitriles is 1. The Hall–Kier alpha value is -1.54. The molecule has 19 heavy (non-hydrogen) atoms. The summed E-state index contributed by atoms with van der Waals surface area (Å²) in [7, 11) is 0. The number of carbonyl (C=O) groups is 1. The summed E-state index contributed by atoms with van der Waals surface area (Å²) < 4.78 is 0. The number of carboxylic acids is 1. The van der Waals surface area contributed by atoms with E-state index in [1.54, 1.807) is 6.92 Å². The molecule has 0 bridgehead atoms. The zero-order valence-corrected chi connectivity index (χ0v) is 11.7. The third-order valence-electron chi connectivity index (χ3n) is 3.27. The van der Waals surface area contributed by atoms with Crippen molar-refractivity contribution >= 4 is 17.7 Å². The second kappa shape index (κ2) is 6.07. The number of thioether (sulfide) groups is 1. The predicted molar refractivity (Wildman–Crippen MR) is 73.2 cm³/mol. The van der Waals surface area contributed by atoms with Gasteiger partial charge in [0.1, 0.15) is 16.3 Å². The van der Waals surface area contributed by atoms with E-state index in [1.165, 1.54) is 6.42 Å². The number of aliphatic carboxylic acids is 1. The number of carboxylic acid groups (broad SMARTS) is 1. The van der Waals surface area contributed by atoms with Crippen molar-refractivity contribution in [3.05, 3.63) is 22.9 Å². The third kappa shape index (κ3) is 3.27. The van der Waals surface area contributed by atoms with Gasteiger partial charge in [-0.15, -0.1) is 0 Å². The maximum absolute atomic E-state index is 10.9. The van der Waals surface area contributed by atoms with Crippen LogP contribution >= 0.6 is 11.8 Å². The molecule has 5 heteroatoms. The summed E-state index contributed by atoms with van der Waals surface area (Å²) in [6.07, 6.45) is 5.33. The van der Waals surface area contributed by atoms with Crippen molar-refractivity contribution in [2.24, 2.45) is 0 Å². The van der Waals surface area contributed by atoms with Gasteiger partial charge in [-0.1, -0.05) is 18.2 Å². The van der Waals surface area contributed by atoms with Crippen LogP contribution in [0.1, 0.15) is 43.0 Å². The normalized spacial score (nSPS) is 16.0. The summed E-state index contributed by atoms with van der Waals surface area (Å²) >= 11 is 1.15. The average molecular weight is 276 g/mol. The zero-order valence-electron chi connectivity index (χ0n) is 10.8. The molecule has 1 atom stereocenters. The molecule has 100 valence electrons. The SMILES string of the molecule is C[C@H](Sc1nc2c(cc1C#N)CCCCC2)C(=O)O. The lowest BCUT2D eigenvalue weighted by atomic mass is 10.1. The zero-order chi connectivity index (χ0) is 13.8. The minimum absolute atomic E-state index is 0.499. The van der Waals surface area contributed by atoms with Crippen LogP contribution in [0.2, 0.25) is 0 Å². The first-order valence-corrected chi connectivity index (χ1v) is 7.32. The molecule has 2 rings (SSSR count). The predicted octanol–water partition coefficient (Wildman–Crippen LogP) is 2.79. The quantitative estimate of drug-likeness (QED) is 0.678. The number of pyridine rings is 1. The van der Waals surface area contributed by atoms with Crippen LogP contribution in [-0.4, -0.2) is 21.3 Å². The van der Waals surface area contributed by atoms with Crippen LogP contribution in [0.5, 0.6) is 0 Å². The Morgan fingerprint density at radius 2 is 2.21 bits per heavy atom.